The maximum absolute atomic E-state index is 11.8. The van der Waals surface area contributed by atoms with Crippen LogP contribution >= 0.6 is 0 Å². The Morgan fingerprint density at radius 2 is 1.72 bits per heavy atom. The summed E-state index contributed by atoms with van der Waals surface area (Å²) in [6, 6.07) is 0. The van der Waals surface area contributed by atoms with Crippen molar-refractivity contribution in [1.29, 1.82) is 0 Å². The smallest absolute Gasteiger partial charge is 0.422 e. The highest BCUT2D eigenvalue weighted by molar-refractivity contribution is 7.88. The van der Waals surface area contributed by atoms with Gasteiger partial charge in [0, 0.05) is 26.2 Å². The molecule has 0 aromatic carbocycles. The van der Waals surface area contributed by atoms with Crippen LogP contribution in [0.15, 0.2) is 0 Å². The number of halogens is 3. The molecule has 1 aliphatic rings. The average molecular weight is 290 g/mol. The van der Waals surface area contributed by atoms with Crippen molar-refractivity contribution in [1.82, 2.24) is 9.21 Å². The third-order valence-corrected chi connectivity index (χ3v) is 3.63. The van der Waals surface area contributed by atoms with E-state index in [1.807, 2.05) is 0 Å². The molecule has 6 nitrogen and oxygen atoms in total. The van der Waals surface area contributed by atoms with Crippen LogP contribution in [-0.4, -0.2) is 68.9 Å². The molecule has 0 aliphatic carbocycles. The fourth-order valence-electron chi connectivity index (χ4n) is 1.44. The SMILES string of the molecule is CS(=O)(=O)N1CCN(C(=O)OCC(F)(F)F)CC1. The first-order chi connectivity index (χ1) is 8.09. The van der Waals surface area contributed by atoms with Gasteiger partial charge >= 0.3 is 12.3 Å². The summed E-state index contributed by atoms with van der Waals surface area (Å²) in [6.45, 7) is -1.49. The Morgan fingerprint density at radius 1 is 1.22 bits per heavy atom. The summed E-state index contributed by atoms with van der Waals surface area (Å²) in [4.78, 5) is 12.3. The van der Waals surface area contributed by atoms with E-state index in [-0.39, 0.29) is 26.2 Å². The minimum absolute atomic E-state index is 0.0176. The molecular formula is C8H13F3N2O4S. The zero-order chi connectivity index (χ0) is 14.0. The maximum Gasteiger partial charge on any atom is 0.422 e. The Bertz CT molecular complexity index is 401. The minimum atomic E-state index is -4.57. The lowest BCUT2D eigenvalue weighted by molar-refractivity contribution is -0.162. The number of piperazine rings is 1. The Hall–Kier alpha value is -1.03. The van der Waals surface area contributed by atoms with Gasteiger partial charge in [0.1, 0.15) is 0 Å². The molecule has 0 radical (unpaired) electrons. The van der Waals surface area contributed by atoms with Crippen LogP contribution in [-0.2, 0) is 14.8 Å². The van der Waals surface area contributed by atoms with Gasteiger partial charge < -0.3 is 9.64 Å². The lowest BCUT2D eigenvalue weighted by atomic mass is 10.4. The van der Waals surface area contributed by atoms with Crippen molar-refractivity contribution in [2.75, 3.05) is 39.0 Å². The van der Waals surface area contributed by atoms with Crippen LogP contribution in [0.25, 0.3) is 0 Å². The zero-order valence-corrected chi connectivity index (χ0v) is 10.4. The minimum Gasteiger partial charge on any atom is -0.440 e. The lowest BCUT2D eigenvalue weighted by Gasteiger charge is -2.32. The second-order valence-corrected chi connectivity index (χ2v) is 5.80. The highest BCUT2D eigenvalue weighted by Crippen LogP contribution is 2.15. The number of amides is 1. The first kappa shape index (κ1) is 15.0. The molecule has 1 rings (SSSR count). The fourth-order valence-corrected chi connectivity index (χ4v) is 2.26. The largest absolute Gasteiger partial charge is 0.440 e. The molecule has 1 fully saturated rings. The molecular weight excluding hydrogens is 277 g/mol. The van der Waals surface area contributed by atoms with E-state index in [0.29, 0.717) is 0 Å². The molecule has 0 saturated carbocycles. The van der Waals surface area contributed by atoms with E-state index in [1.165, 1.54) is 0 Å². The van der Waals surface area contributed by atoms with Crippen molar-refractivity contribution in [2.45, 2.75) is 6.18 Å². The van der Waals surface area contributed by atoms with Crippen LogP contribution in [0, 0.1) is 0 Å². The quantitative estimate of drug-likeness (QED) is 0.732. The summed E-state index contributed by atoms with van der Waals surface area (Å²) in [5.41, 5.74) is 0. The molecule has 0 atom stereocenters. The third kappa shape index (κ3) is 4.69. The summed E-state index contributed by atoms with van der Waals surface area (Å²) < 4.78 is 63.0. The van der Waals surface area contributed by atoms with Crippen molar-refractivity contribution >= 4 is 16.1 Å². The maximum atomic E-state index is 11.8. The van der Waals surface area contributed by atoms with Gasteiger partial charge in [0.15, 0.2) is 6.61 Å². The molecule has 1 saturated heterocycles. The monoisotopic (exact) mass is 290 g/mol. The topological polar surface area (TPSA) is 66.9 Å². The Kier molecular flexibility index (Phi) is 4.43. The molecule has 0 bridgehead atoms. The standard InChI is InChI=1S/C8H13F3N2O4S/c1-18(15,16)13-4-2-12(3-5-13)7(14)17-6-8(9,10)11/h2-6H2,1H3. The Morgan fingerprint density at radius 3 is 2.11 bits per heavy atom. The van der Waals surface area contributed by atoms with Crippen molar-refractivity contribution in [3.05, 3.63) is 0 Å². The number of carbonyl (C=O) groups excluding carboxylic acids is 1. The van der Waals surface area contributed by atoms with Crippen LogP contribution in [0.5, 0.6) is 0 Å². The van der Waals surface area contributed by atoms with E-state index >= 15 is 0 Å². The second-order valence-electron chi connectivity index (χ2n) is 3.82. The molecule has 0 aromatic rings. The van der Waals surface area contributed by atoms with Gasteiger partial charge in [0.25, 0.3) is 0 Å². The summed E-state index contributed by atoms with van der Waals surface area (Å²) in [6.07, 6.45) is -4.62. The molecule has 1 heterocycles. The van der Waals surface area contributed by atoms with Crippen LogP contribution in [0.1, 0.15) is 0 Å². The van der Waals surface area contributed by atoms with Crippen LogP contribution in [0.2, 0.25) is 0 Å². The molecule has 10 heteroatoms. The molecule has 1 amide bonds. The van der Waals surface area contributed by atoms with Crippen molar-refractivity contribution < 1.29 is 31.1 Å². The normalized spacial score (nSPS) is 18.8. The van der Waals surface area contributed by atoms with E-state index in [9.17, 15) is 26.4 Å². The second kappa shape index (κ2) is 5.31. The predicted octanol–water partition coefficient (Wildman–Crippen LogP) is 0.263. The first-order valence-corrected chi connectivity index (χ1v) is 6.88. The van der Waals surface area contributed by atoms with Gasteiger partial charge in [-0.3, -0.25) is 0 Å². The zero-order valence-electron chi connectivity index (χ0n) is 9.61. The van der Waals surface area contributed by atoms with Crippen LogP contribution in [0.3, 0.4) is 0 Å². The molecule has 106 valence electrons. The summed E-state index contributed by atoms with van der Waals surface area (Å²) in [7, 11) is -3.34. The van der Waals surface area contributed by atoms with E-state index < -0.39 is 28.9 Å². The molecule has 0 aromatic heterocycles. The summed E-state index contributed by atoms with van der Waals surface area (Å²) in [5.74, 6) is 0. The Labute approximate surface area is 102 Å². The van der Waals surface area contributed by atoms with Crippen LogP contribution < -0.4 is 0 Å². The van der Waals surface area contributed by atoms with E-state index in [1.54, 1.807) is 0 Å². The number of carbonyl (C=O) groups is 1. The number of rotatable bonds is 2. The van der Waals surface area contributed by atoms with E-state index in [2.05, 4.69) is 4.74 Å². The predicted molar refractivity (Wildman–Crippen MR) is 55.4 cm³/mol. The van der Waals surface area contributed by atoms with E-state index in [0.717, 1.165) is 15.5 Å². The highest BCUT2D eigenvalue weighted by atomic mass is 32.2. The number of hydrogen-bond donors (Lipinski definition) is 0. The fraction of sp³-hybridized carbons (Fsp3) is 0.875. The summed E-state index contributed by atoms with van der Waals surface area (Å²) >= 11 is 0. The van der Waals surface area contributed by atoms with E-state index in [4.69, 9.17) is 0 Å². The number of nitrogens with zero attached hydrogens (tertiary/aromatic N) is 2. The van der Waals surface area contributed by atoms with Crippen molar-refractivity contribution in [3.63, 3.8) is 0 Å². The molecule has 0 unspecified atom stereocenters. The number of ether oxygens (including phenoxy) is 1. The lowest BCUT2D eigenvalue weighted by Crippen LogP contribution is -2.50. The third-order valence-electron chi connectivity index (χ3n) is 2.33. The number of hydrogen-bond acceptors (Lipinski definition) is 4. The van der Waals surface area contributed by atoms with Crippen LogP contribution in [0.4, 0.5) is 18.0 Å². The van der Waals surface area contributed by atoms with Gasteiger partial charge in [-0.2, -0.15) is 17.5 Å². The van der Waals surface area contributed by atoms with Crippen molar-refractivity contribution in [3.8, 4) is 0 Å². The first-order valence-electron chi connectivity index (χ1n) is 5.03. The number of sulfonamides is 1. The summed E-state index contributed by atoms with van der Waals surface area (Å²) in [5, 5.41) is 0. The van der Waals surface area contributed by atoms with Gasteiger partial charge in [0.05, 0.1) is 6.26 Å². The van der Waals surface area contributed by atoms with Crippen molar-refractivity contribution in [2.24, 2.45) is 0 Å². The molecule has 18 heavy (non-hydrogen) atoms. The molecule has 0 N–H and O–H groups in total. The molecule has 1 aliphatic heterocycles. The van der Waals surface area contributed by atoms with Gasteiger partial charge in [0.2, 0.25) is 10.0 Å². The van der Waals surface area contributed by atoms with Gasteiger partial charge in [-0.25, -0.2) is 13.2 Å². The van der Waals surface area contributed by atoms with Gasteiger partial charge in [-0.15, -0.1) is 0 Å². The van der Waals surface area contributed by atoms with Gasteiger partial charge in [-0.05, 0) is 0 Å². The average Bonchev–Trinajstić information content (AvgIpc) is 2.24. The molecule has 0 spiro atoms. The number of alkyl halides is 3. The Balaban J connectivity index is 2.41. The van der Waals surface area contributed by atoms with Gasteiger partial charge in [-0.1, -0.05) is 0 Å². The highest BCUT2D eigenvalue weighted by Gasteiger charge is 2.32.